The van der Waals surface area contributed by atoms with Gasteiger partial charge in [-0.1, -0.05) is 38.5 Å². The number of nitro benzene ring substituents is 1. The molecule has 0 spiro atoms. The molecular formula is C28H38N10O7. The molecule has 0 bridgehead atoms. The van der Waals surface area contributed by atoms with Crippen LogP contribution in [0.1, 0.15) is 64.5 Å². The van der Waals surface area contributed by atoms with Crippen molar-refractivity contribution >= 4 is 45.3 Å². The lowest BCUT2D eigenvalue weighted by Gasteiger charge is -2.16. The molecule has 17 nitrogen and oxygen atoms in total. The highest BCUT2D eigenvalue weighted by molar-refractivity contribution is 5.93. The molecule has 0 saturated carbocycles. The van der Waals surface area contributed by atoms with E-state index in [1.807, 2.05) is 0 Å². The van der Waals surface area contributed by atoms with E-state index in [1.54, 1.807) is 13.0 Å². The van der Waals surface area contributed by atoms with Crippen LogP contribution in [0.3, 0.4) is 0 Å². The van der Waals surface area contributed by atoms with Gasteiger partial charge < -0.3 is 30.9 Å². The Hall–Kier alpha value is -4.48. The highest BCUT2D eigenvalue weighted by atomic mass is 16.6. The number of anilines is 2. The van der Waals surface area contributed by atoms with Crippen molar-refractivity contribution in [1.82, 2.24) is 35.1 Å². The number of non-ortho nitro benzene ring substituents is 1. The number of rotatable bonds is 17. The Bertz CT molecular complexity index is 1590. The standard InChI is InChI=1S/C28H38N10O7/c1-2-29-27(41)24-22(39)23(40)28(44-24)37-16-34-21-25(32-15-33-26(21)37)31-14-10-8-6-4-3-5-7-9-13-30-17-11-12-18(38(42)43)20-19(17)35-45-36-20/h11-12,15-16,22-24,28,30,39-40H,2-10,13-14H2,1H3,(H,29,41)(H,31,32,33)/t22-,23+,24-,28+/m0/s1. The number of benzene rings is 1. The molecule has 1 amide bonds. The lowest BCUT2D eigenvalue weighted by Crippen LogP contribution is -2.42. The van der Waals surface area contributed by atoms with Gasteiger partial charge in [-0.2, -0.15) is 0 Å². The number of nitro groups is 1. The monoisotopic (exact) mass is 626 g/mol. The van der Waals surface area contributed by atoms with Gasteiger partial charge in [0.25, 0.3) is 5.91 Å². The zero-order chi connectivity index (χ0) is 31.8. The second kappa shape index (κ2) is 15.0. The number of imidazole rings is 1. The van der Waals surface area contributed by atoms with Gasteiger partial charge in [0.15, 0.2) is 34.8 Å². The van der Waals surface area contributed by atoms with Crippen molar-refractivity contribution in [2.45, 2.75) is 82.8 Å². The molecule has 3 aromatic heterocycles. The van der Waals surface area contributed by atoms with Gasteiger partial charge in [-0.15, -0.1) is 0 Å². The van der Waals surface area contributed by atoms with E-state index in [0.717, 1.165) is 57.9 Å². The summed E-state index contributed by atoms with van der Waals surface area (Å²) in [5.41, 5.74) is 1.99. The number of hydrogen-bond acceptors (Lipinski definition) is 14. The molecule has 4 heterocycles. The lowest BCUT2D eigenvalue weighted by molar-refractivity contribution is -0.383. The molecule has 1 aliphatic rings. The van der Waals surface area contributed by atoms with E-state index in [9.17, 15) is 25.1 Å². The van der Waals surface area contributed by atoms with Crippen molar-refractivity contribution in [3.05, 3.63) is 34.9 Å². The highest BCUT2D eigenvalue weighted by Gasteiger charge is 2.47. The van der Waals surface area contributed by atoms with E-state index in [-0.39, 0.29) is 11.2 Å². The van der Waals surface area contributed by atoms with Crippen LogP contribution in [0.4, 0.5) is 17.2 Å². The molecule has 45 heavy (non-hydrogen) atoms. The van der Waals surface area contributed by atoms with Crippen molar-refractivity contribution in [2.24, 2.45) is 0 Å². The minimum Gasteiger partial charge on any atom is -0.387 e. The summed E-state index contributed by atoms with van der Waals surface area (Å²) < 4.78 is 11.9. The van der Waals surface area contributed by atoms with Gasteiger partial charge in [0.2, 0.25) is 5.52 Å². The van der Waals surface area contributed by atoms with E-state index in [2.05, 4.69) is 41.2 Å². The zero-order valence-electron chi connectivity index (χ0n) is 25.0. The SMILES string of the molecule is CCNC(=O)[C@H]1O[C@@H](n2cnc3c(NCCCCCCCCCCNc4ccc([N+](=O)[O-])c5nonc45)ncnc32)[C@H](O)[C@@H]1O. The van der Waals surface area contributed by atoms with Gasteiger partial charge in [0.05, 0.1) is 16.9 Å². The van der Waals surface area contributed by atoms with Crippen LogP contribution in [-0.4, -0.2) is 88.8 Å². The maximum Gasteiger partial charge on any atom is 0.300 e. The summed E-state index contributed by atoms with van der Waals surface area (Å²) in [6.45, 7) is 3.58. The molecule has 0 unspecified atom stereocenters. The largest absolute Gasteiger partial charge is 0.387 e. The average molecular weight is 627 g/mol. The lowest BCUT2D eigenvalue weighted by atomic mass is 10.1. The number of amides is 1. The first-order valence-electron chi connectivity index (χ1n) is 15.2. The average Bonchev–Trinajstić information content (AvgIpc) is 3.76. The van der Waals surface area contributed by atoms with Gasteiger partial charge in [0.1, 0.15) is 18.5 Å². The van der Waals surface area contributed by atoms with Crippen molar-refractivity contribution < 1.29 is 29.3 Å². The summed E-state index contributed by atoms with van der Waals surface area (Å²) in [5, 5.41) is 48.7. The summed E-state index contributed by atoms with van der Waals surface area (Å²) in [7, 11) is 0. The minimum absolute atomic E-state index is 0.126. The Morgan fingerprint density at radius 2 is 1.62 bits per heavy atom. The fourth-order valence-electron chi connectivity index (χ4n) is 5.43. The summed E-state index contributed by atoms with van der Waals surface area (Å²) >= 11 is 0. The van der Waals surface area contributed by atoms with Gasteiger partial charge in [-0.05, 0) is 36.1 Å². The summed E-state index contributed by atoms with van der Waals surface area (Å²) in [6, 6.07) is 3.04. The number of nitrogens with zero attached hydrogens (tertiary/aromatic N) is 7. The Morgan fingerprint density at radius 1 is 0.933 bits per heavy atom. The van der Waals surface area contributed by atoms with Crippen LogP contribution in [0.5, 0.6) is 0 Å². The van der Waals surface area contributed by atoms with E-state index in [0.29, 0.717) is 41.3 Å². The molecule has 4 aromatic rings. The second-order valence-electron chi connectivity index (χ2n) is 10.9. The Balaban J connectivity index is 0.970. The third-order valence-corrected chi connectivity index (χ3v) is 7.78. The van der Waals surface area contributed by atoms with Crippen molar-refractivity contribution in [2.75, 3.05) is 30.3 Å². The molecule has 5 N–H and O–H groups in total. The fourth-order valence-corrected chi connectivity index (χ4v) is 5.43. The molecular weight excluding hydrogens is 588 g/mol. The molecule has 5 rings (SSSR count). The van der Waals surface area contributed by atoms with Crippen LogP contribution < -0.4 is 16.0 Å². The van der Waals surface area contributed by atoms with Crippen LogP contribution in [0.15, 0.2) is 29.4 Å². The third-order valence-electron chi connectivity index (χ3n) is 7.78. The predicted molar refractivity (Wildman–Crippen MR) is 162 cm³/mol. The topological polar surface area (TPSA) is 229 Å². The number of likely N-dealkylation sites (N-methyl/N-ethyl adjacent to an activating group) is 1. The van der Waals surface area contributed by atoms with Crippen LogP contribution in [-0.2, 0) is 9.53 Å². The second-order valence-corrected chi connectivity index (χ2v) is 10.9. The number of aliphatic hydroxyl groups excluding tert-OH is 2. The molecule has 0 aliphatic carbocycles. The summed E-state index contributed by atoms with van der Waals surface area (Å²) in [6.07, 6.45) is 6.56. The van der Waals surface area contributed by atoms with Gasteiger partial charge in [-0.25, -0.2) is 19.6 Å². The Morgan fingerprint density at radius 3 is 2.33 bits per heavy atom. The molecule has 1 saturated heterocycles. The first-order chi connectivity index (χ1) is 21.9. The van der Waals surface area contributed by atoms with Gasteiger partial charge >= 0.3 is 5.69 Å². The van der Waals surface area contributed by atoms with E-state index in [1.165, 1.54) is 23.3 Å². The maximum absolute atomic E-state index is 12.2. The van der Waals surface area contributed by atoms with Crippen molar-refractivity contribution in [1.29, 1.82) is 0 Å². The van der Waals surface area contributed by atoms with Crippen LogP contribution in [0.2, 0.25) is 0 Å². The minimum atomic E-state index is -1.38. The number of fused-ring (bicyclic) bond motifs is 2. The highest BCUT2D eigenvalue weighted by Crippen LogP contribution is 2.32. The Labute approximate surface area is 257 Å². The summed E-state index contributed by atoms with van der Waals surface area (Å²) in [4.78, 5) is 35.8. The normalized spacial score (nSPS) is 19.7. The number of aliphatic hydroxyl groups is 2. The number of carbonyl (C=O) groups is 1. The zero-order valence-corrected chi connectivity index (χ0v) is 25.0. The molecule has 242 valence electrons. The van der Waals surface area contributed by atoms with E-state index in [4.69, 9.17) is 9.37 Å². The molecule has 17 heteroatoms. The molecule has 0 radical (unpaired) electrons. The molecule has 1 aliphatic heterocycles. The van der Waals surface area contributed by atoms with Crippen LogP contribution in [0.25, 0.3) is 22.2 Å². The first-order valence-corrected chi connectivity index (χ1v) is 15.2. The van der Waals surface area contributed by atoms with Gasteiger partial charge in [-0.3, -0.25) is 19.5 Å². The number of carbonyl (C=O) groups excluding carboxylic acids is 1. The summed E-state index contributed by atoms with van der Waals surface area (Å²) in [5.74, 6) is 0.0739. The van der Waals surface area contributed by atoms with Crippen molar-refractivity contribution in [3.63, 3.8) is 0 Å². The smallest absolute Gasteiger partial charge is 0.300 e. The maximum atomic E-state index is 12.2. The van der Waals surface area contributed by atoms with Crippen LogP contribution >= 0.6 is 0 Å². The van der Waals surface area contributed by atoms with Gasteiger partial charge in [0, 0.05) is 25.7 Å². The van der Waals surface area contributed by atoms with E-state index < -0.39 is 35.4 Å². The number of hydrogen-bond donors (Lipinski definition) is 5. The fraction of sp³-hybridized carbons (Fsp3) is 0.571. The molecule has 1 fully saturated rings. The third kappa shape index (κ3) is 7.26. The number of nitrogens with one attached hydrogen (secondary N) is 3. The number of aromatic nitrogens is 6. The predicted octanol–water partition coefficient (Wildman–Crippen LogP) is 2.67. The Kier molecular flexibility index (Phi) is 10.6. The number of unbranched alkanes of at least 4 members (excludes halogenated alkanes) is 7. The number of ether oxygens (including phenoxy) is 1. The van der Waals surface area contributed by atoms with Crippen LogP contribution in [0, 0.1) is 10.1 Å². The molecule has 1 aromatic carbocycles. The first kappa shape index (κ1) is 31.9. The quantitative estimate of drug-likeness (QED) is 0.0645. The molecule has 4 atom stereocenters. The van der Waals surface area contributed by atoms with E-state index >= 15 is 0 Å². The van der Waals surface area contributed by atoms with Crippen molar-refractivity contribution in [3.8, 4) is 0 Å².